The molecule has 100 valence electrons. The summed E-state index contributed by atoms with van der Waals surface area (Å²) >= 11 is 3.37. The molecule has 1 heterocycles. The molecule has 0 radical (unpaired) electrons. The first kappa shape index (κ1) is 15.5. The van der Waals surface area contributed by atoms with Crippen molar-refractivity contribution in [3.8, 4) is 0 Å². The number of rotatable bonds is 4. The van der Waals surface area contributed by atoms with Crippen molar-refractivity contribution < 1.29 is 4.79 Å². The smallest absolute Gasteiger partial charge is 0.225 e. The molecule has 1 amide bonds. The molecule has 2 rings (SSSR count). The zero-order valence-corrected chi connectivity index (χ0v) is 12.6. The summed E-state index contributed by atoms with van der Waals surface area (Å²) in [6.07, 6.45) is 3.12. The zero-order valence-electron chi connectivity index (χ0n) is 10.2. The summed E-state index contributed by atoms with van der Waals surface area (Å²) in [7, 11) is 0. The van der Waals surface area contributed by atoms with E-state index in [1.54, 1.807) is 0 Å². The summed E-state index contributed by atoms with van der Waals surface area (Å²) in [5, 5.41) is 2.91. The summed E-state index contributed by atoms with van der Waals surface area (Å²) in [6.45, 7) is 3.17. The lowest BCUT2D eigenvalue weighted by Crippen LogP contribution is -2.25. The van der Waals surface area contributed by atoms with Crippen LogP contribution >= 0.6 is 28.3 Å². The molecule has 1 saturated heterocycles. The Hall–Kier alpha value is -0.580. The number of hydrogen-bond acceptors (Lipinski definition) is 2. The van der Waals surface area contributed by atoms with Crippen molar-refractivity contribution in [2.75, 3.05) is 25.0 Å². The van der Waals surface area contributed by atoms with E-state index in [1.807, 2.05) is 24.3 Å². The molecule has 0 saturated carbocycles. The Bertz CT molecular complexity index is 377. The van der Waals surface area contributed by atoms with Crippen LogP contribution < -0.4 is 5.32 Å². The Balaban J connectivity index is 0.00000162. The van der Waals surface area contributed by atoms with Crippen molar-refractivity contribution in [1.82, 2.24) is 4.90 Å². The fraction of sp³-hybridized carbons (Fsp3) is 0.462. The Labute approximate surface area is 122 Å². The van der Waals surface area contributed by atoms with Crippen LogP contribution in [0.15, 0.2) is 28.7 Å². The van der Waals surface area contributed by atoms with Crippen LogP contribution in [0.1, 0.15) is 19.3 Å². The molecule has 1 fully saturated rings. The molecule has 1 aliphatic rings. The number of nitrogens with zero attached hydrogens (tertiary/aromatic N) is 1. The van der Waals surface area contributed by atoms with E-state index in [2.05, 4.69) is 26.1 Å². The van der Waals surface area contributed by atoms with E-state index >= 15 is 0 Å². The van der Waals surface area contributed by atoms with Crippen molar-refractivity contribution in [2.45, 2.75) is 19.3 Å². The number of carbonyl (C=O) groups is 1. The third-order valence-electron chi connectivity index (χ3n) is 2.98. The Morgan fingerprint density at radius 2 is 1.83 bits per heavy atom. The Morgan fingerprint density at radius 3 is 2.44 bits per heavy atom. The average Bonchev–Trinajstić information content (AvgIpc) is 2.83. The fourth-order valence-electron chi connectivity index (χ4n) is 2.02. The Morgan fingerprint density at radius 1 is 1.22 bits per heavy atom. The second-order valence-corrected chi connectivity index (χ2v) is 5.27. The van der Waals surface area contributed by atoms with E-state index in [1.165, 1.54) is 12.8 Å². The molecule has 0 bridgehead atoms. The van der Waals surface area contributed by atoms with Gasteiger partial charge in [-0.05, 0) is 50.2 Å². The lowest BCUT2D eigenvalue weighted by Gasteiger charge is -2.13. The van der Waals surface area contributed by atoms with E-state index < -0.39 is 0 Å². The largest absolute Gasteiger partial charge is 0.326 e. The van der Waals surface area contributed by atoms with Gasteiger partial charge < -0.3 is 10.2 Å². The van der Waals surface area contributed by atoms with Gasteiger partial charge in [0.1, 0.15) is 0 Å². The molecular weight excluding hydrogens is 316 g/mol. The van der Waals surface area contributed by atoms with Crippen molar-refractivity contribution >= 4 is 39.9 Å². The van der Waals surface area contributed by atoms with Gasteiger partial charge in [0.05, 0.1) is 0 Å². The van der Waals surface area contributed by atoms with Gasteiger partial charge in [-0.15, -0.1) is 12.4 Å². The Kier molecular flexibility index (Phi) is 6.68. The summed E-state index contributed by atoms with van der Waals surface area (Å²) in [4.78, 5) is 14.1. The van der Waals surface area contributed by atoms with Gasteiger partial charge in [-0.2, -0.15) is 0 Å². The van der Waals surface area contributed by atoms with Gasteiger partial charge in [0.25, 0.3) is 0 Å². The number of halogens is 2. The zero-order chi connectivity index (χ0) is 12.1. The summed E-state index contributed by atoms with van der Waals surface area (Å²) in [6, 6.07) is 7.65. The van der Waals surface area contributed by atoms with E-state index in [0.717, 1.165) is 29.8 Å². The van der Waals surface area contributed by atoms with Crippen molar-refractivity contribution in [1.29, 1.82) is 0 Å². The predicted octanol–water partition coefficient (Wildman–Crippen LogP) is 3.30. The highest BCUT2D eigenvalue weighted by molar-refractivity contribution is 9.10. The second kappa shape index (κ2) is 7.77. The topological polar surface area (TPSA) is 32.3 Å². The van der Waals surface area contributed by atoms with Crippen LogP contribution in [0.4, 0.5) is 5.69 Å². The molecule has 0 aliphatic carbocycles. The molecule has 0 unspecified atom stereocenters. The molecule has 18 heavy (non-hydrogen) atoms. The van der Waals surface area contributed by atoms with Gasteiger partial charge >= 0.3 is 0 Å². The van der Waals surface area contributed by atoms with E-state index in [0.29, 0.717) is 6.42 Å². The number of likely N-dealkylation sites (tertiary alicyclic amines) is 1. The van der Waals surface area contributed by atoms with Crippen LogP contribution in [-0.4, -0.2) is 30.4 Å². The molecule has 3 nitrogen and oxygen atoms in total. The minimum atomic E-state index is 0. The van der Waals surface area contributed by atoms with Gasteiger partial charge in [0, 0.05) is 23.1 Å². The first-order valence-electron chi connectivity index (χ1n) is 6.02. The molecule has 0 aromatic heterocycles. The van der Waals surface area contributed by atoms with E-state index in [4.69, 9.17) is 0 Å². The summed E-state index contributed by atoms with van der Waals surface area (Å²) < 4.78 is 1.02. The predicted molar refractivity (Wildman–Crippen MR) is 80.3 cm³/mol. The van der Waals surface area contributed by atoms with Crippen LogP contribution in [0, 0.1) is 0 Å². The maximum Gasteiger partial charge on any atom is 0.225 e. The third kappa shape index (κ3) is 4.96. The maximum absolute atomic E-state index is 11.7. The van der Waals surface area contributed by atoms with E-state index in [-0.39, 0.29) is 18.3 Å². The number of amides is 1. The lowest BCUT2D eigenvalue weighted by atomic mass is 10.3. The quantitative estimate of drug-likeness (QED) is 0.917. The summed E-state index contributed by atoms with van der Waals surface area (Å²) in [5.41, 5.74) is 0.861. The summed E-state index contributed by atoms with van der Waals surface area (Å²) in [5.74, 6) is 0.0965. The maximum atomic E-state index is 11.7. The lowest BCUT2D eigenvalue weighted by molar-refractivity contribution is -0.116. The van der Waals surface area contributed by atoms with Crippen LogP contribution in [0.25, 0.3) is 0 Å². The first-order valence-corrected chi connectivity index (χ1v) is 6.81. The SMILES string of the molecule is Cl.O=C(CCN1CCCC1)Nc1ccc(Br)cc1. The van der Waals surface area contributed by atoms with Crippen molar-refractivity contribution in [3.63, 3.8) is 0 Å². The first-order chi connectivity index (χ1) is 8.24. The highest BCUT2D eigenvalue weighted by Crippen LogP contribution is 2.14. The third-order valence-corrected chi connectivity index (χ3v) is 3.51. The molecule has 1 aromatic carbocycles. The highest BCUT2D eigenvalue weighted by Gasteiger charge is 2.12. The number of nitrogens with one attached hydrogen (secondary N) is 1. The van der Waals surface area contributed by atoms with Crippen molar-refractivity contribution in [2.24, 2.45) is 0 Å². The van der Waals surface area contributed by atoms with Gasteiger partial charge in [-0.25, -0.2) is 0 Å². The number of hydrogen-bond donors (Lipinski definition) is 1. The van der Waals surface area contributed by atoms with Crippen LogP contribution in [0.5, 0.6) is 0 Å². The molecule has 0 spiro atoms. The fourth-order valence-corrected chi connectivity index (χ4v) is 2.29. The molecular formula is C13H18BrClN2O. The standard InChI is InChI=1S/C13H17BrN2O.ClH/c14-11-3-5-12(6-4-11)15-13(17)7-10-16-8-1-2-9-16;/h3-6H,1-2,7-10H2,(H,15,17);1H. The molecule has 1 aromatic rings. The average molecular weight is 334 g/mol. The van der Waals surface area contributed by atoms with Crippen LogP contribution in [0.3, 0.4) is 0 Å². The molecule has 5 heteroatoms. The van der Waals surface area contributed by atoms with Crippen LogP contribution in [-0.2, 0) is 4.79 Å². The van der Waals surface area contributed by atoms with Gasteiger partial charge in [0.2, 0.25) is 5.91 Å². The minimum absolute atomic E-state index is 0. The van der Waals surface area contributed by atoms with Crippen LogP contribution in [0.2, 0.25) is 0 Å². The van der Waals surface area contributed by atoms with Crippen molar-refractivity contribution in [3.05, 3.63) is 28.7 Å². The number of anilines is 1. The van der Waals surface area contributed by atoms with Gasteiger partial charge in [0.15, 0.2) is 0 Å². The second-order valence-electron chi connectivity index (χ2n) is 4.35. The van der Waals surface area contributed by atoms with E-state index in [9.17, 15) is 4.79 Å². The molecule has 0 atom stereocenters. The molecule has 1 aliphatic heterocycles. The highest BCUT2D eigenvalue weighted by atomic mass is 79.9. The monoisotopic (exact) mass is 332 g/mol. The number of benzene rings is 1. The minimum Gasteiger partial charge on any atom is -0.326 e. The number of carbonyl (C=O) groups excluding carboxylic acids is 1. The van der Waals surface area contributed by atoms with Gasteiger partial charge in [-0.3, -0.25) is 4.79 Å². The molecule has 1 N–H and O–H groups in total. The normalized spacial score (nSPS) is 15.2. The van der Waals surface area contributed by atoms with Gasteiger partial charge in [-0.1, -0.05) is 15.9 Å².